The molecule has 0 aromatic heterocycles. The molecule has 3 N–H and O–H groups in total. The number of primary amides is 1. The summed E-state index contributed by atoms with van der Waals surface area (Å²) in [6.07, 6.45) is 1.75. The molecular formula is C22H23N3O4S. The first-order valence-corrected chi connectivity index (χ1v) is 10.2. The van der Waals surface area contributed by atoms with Crippen LogP contribution in [0.25, 0.3) is 6.08 Å². The second-order valence-electron chi connectivity index (χ2n) is 6.67. The maximum Gasteiger partial charge on any atom is 0.264 e. The number of amidine groups is 1. The minimum atomic E-state index is -0.571. The molecule has 8 heteroatoms. The maximum atomic E-state index is 12.4. The van der Waals surface area contributed by atoms with E-state index in [0.29, 0.717) is 28.2 Å². The van der Waals surface area contributed by atoms with E-state index >= 15 is 0 Å². The van der Waals surface area contributed by atoms with Crippen LogP contribution in [0.4, 0.5) is 5.69 Å². The van der Waals surface area contributed by atoms with E-state index in [1.807, 2.05) is 32.9 Å². The summed E-state index contributed by atoms with van der Waals surface area (Å²) in [6.45, 7) is 6.05. The van der Waals surface area contributed by atoms with Crippen molar-refractivity contribution in [2.45, 2.75) is 20.8 Å². The fourth-order valence-corrected chi connectivity index (χ4v) is 3.66. The highest BCUT2D eigenvalue weighted by atomic mass is 32.2. The lowest BCUT2D eigenvalue weighted by Crippen LogP contribution is -2.20. The summed E-state index contributed by atoms with van der Waals surface area (Å²) >= 11 is 1.28. The molecular weight excluding hydrogens is 402 g/mol. The van der Waals surface area contributed by atoms with E-state index in [1.165, 1.54) is 11.8 Å². The number of aryl methyl sites for hydroxylation is 2. The van der Waals surface area contributed by atoms with E-state index in [9.17, 15) is 9.59 Å². The highest BCUT2D eigenvalue weighted by molar-refractivity contribution is 8.18. The van der Waals surface area contributed by atoms with E-state index in [0.717, 1.165) is 22.4 Å². The number of carbonyl (C=O) groups is 2. The van der Waals surface area contributed by atoms with Gasteiger partial charge in [0.25, 0.3) is 11.8 Å². The quantitative estimate of drug-likeness (QED) is 0.662. The van der Waals surface area contributed by atoms with Crippen LogP contribution in [0, 0.1) is 13.8 Å². The second kappa shape index (κ2) is 9.49. The number of rotatable bonds is 7. The zero-order valence-corrected chi connectivity index (χ0v) is 17.8. The van der Waals surface area contributed by atoms with Gasteiger partial charge in [-0.15, -0.1) is 0 Å². The summed E-state index contributed by atoms with van der Waals surface area (Å²) in [5.74, 6) is 0.105. The van der Waals surface area contributed by atoms with Gasteiger partial charge in [0.05, 0.1) is 17.2 Å². The van der Waals surface area contributed by atoms with E-state index in [4.69, 9.17) is 15.2 Å². The third-order valence-corrected chi connectivity index (χ3v) is 5.07. The molecule has 156 valence electrons. The van der Waals surface area contributed by atoms with Crippen molar-refractivity contribution in [1.82, 2.24) is 5.32 Å². The lowest BCUT2D eigenvalue weighted by atomic mass is 10.1. The van der Waals surface area contributed by atoms with Crippen molar-refractivity contribution in [2.75, 3.05) is 13.2 Å². The third-order valence-electron chi connectivity index (χ3n) is 4.16. The Morgan fingerprint density at radius 1 is 1.17 bits per heavy atom. The number of hydrogen-bond acceptors (Lipinski definition) is 6. The van der Waals surface area contributed by atoms with Crippen molar-refractivity contribution in [1.29, 1.82) is 0 Å². The van der Waals surface area contributed by atoms with Crippen LogP contribution in [0.15, 0.2) is 46.3 Å². The van der Waals surface area contributed by atoms with Crippen molar-refractivity contribution < 1.29 is 19.1 Å². The Labute approximate surface area is 179 Å². The van der Waals surface area contributed by atoms with Gasteiger partial charge in [0.2, 0.25) is 0 Å². The fourth-order valence-electron chi connectivity index (χ4n) is 2.82. The lowest BCUT2D eigenvalue weighted by Gasteiger charge is -2.11. The third kappa shape index (κ3) is 5.42. The number of benzene rings is 2. The zero-order chi connectivity index (χ0) is 21.7. The number of thioether (sulfide) groups is 1. The first-order valence-electron chi connectivity index (χ1n) is 9.40. The molecule has 0 radical (unpaired) electrons. The van der Waals surface area contributed by atoms with Gasteiger partial charge >= 0.3 is 0 Å². The fraction of sp³-hybridized carbons (Fsp3) is 0.227. The Balaban J connectivity index is 1.82. The molecule has 1 aliphatic heterocycles. The Morgan fingerprint density at radius 2 is 1.97 bits per heavy atom. The minimum Gasteiger partial charge on any atom is -0.490 e. The first kappa shape index (κ1) is 21.4. The number of nitrogens with one attached hydrogen (secondary N) is 1. The van der Waals surface area contributed by atoms with Crippen molar-refractivity contribution in [3.05, 3.63) is 58.0 Å². The van der Waals surface area contributed by atoms with Gasteiger partial charge in [-0.2, -0.15) is 0 Å². The summed E-state index contributed by atoms with van der Waals surface area (Å²) in [7, 11) is 0. The SMILES string of the molecule is CCOc1cc(/C=C2/SC(=Nc3ccc(C)cc3C)NC2=O)ccc1OCC(N)=O. The average molecular weight is 426 g/mol. The van der Waals surface area contributed by atoms with Crippen LogP contribution in [0.5, 0.6) is 11.5 Å². The Bertz CT molecular complexity index is 1050. The molecule has 2 amide bonds. The normalized spacial score (nSPS) is 16.0. The number of ether oxygens (including phenoxy) is 2. The van der Waals surface area contributed by atoms with Crippen LogP contribution in [-0.4, -0.2) is 30.2 Å². The Morgan fingerprint density at radius 3 is 2.67 bits per heavy atom. The van der Waals surface area contributed by atoms with Crippen molar-refractivity contribution >= 4 is 40.5 Å². The number of nitrogens with two attached hydrogens (primary N) is 1. The molecule has 0 aliphatic carbocycles. The molecule has 1 fully saturated rings. The Hall–Kier alpha value is -3.26. The van der Waals surface area contributed by atoms with E-state index < -0.39 is 5.91 Å². The topological polar surface area (TPSA) is 103 Å². The zero-order valence-electron chi connectivity index (χ0n) is 17.0. The Kier molecular flexibility index (Phi) is 6.79. The van der Waals surface area contributed by atoms with Gasteiger partial charge in [-0.05, 0) is 67.9 Å². The van der Waals surface area contributed by atoms with Crippen LogP contribution in [0.1, 0.15) is 23.6 Å². The average Bonchev–Trinajstić information content (AvgIpc) is 3.02. The van der Waals surface area contributed by atoms with Crippen molar-refractivity contribution in [3.8, 4) is 11.5 Å². The second-order valence-corrected chi connectivity index (χ2v) is 7.70. The molecule has 0 bridgehead atoms. The smallest absolute Gasteiger partial charge is 0.264 e. The summed E-state index contributed by atoms with van der Waals surface area (Å²) in [6, 6.07) is 11.2. The number of carbonyl (C=O) groups excluding carboxylic acids is 2. The molecule has 2 aromatic carbocycles. The van der Waals surface area contributed by atoms with Gasteiger partial charge < -0.3 is 20.5 Å². The molecule has 3 rings (SSSR count). The van der Waals surface area contributed by atoms with Gasteiger partial charge in [0, 0.05) is 0 Å². The number of amides is 2. The molecule has 1 aliphatic rings. The number of nitrogens with zero attached hydrogens (tertiary/aromatic N) is 1. The van der Waals surface area contributed by atoms with Crippen molar-refractivity contribution in [2.24, 2.45) is 10.7 Å². The van der Waals surface area contributed by atoms with E-state index in [1.54, 1.807) is 24.3 Å². The highest BCUT2D eigenvalue weighted by Gasteiger charge is 2.24. The predicted molar refractivity (Wildman–Crippen MR) is 119 cm³/mol. The highest BCUT2D eigenvalue weighted by Crippen LogP contribution is 2.33. The van der Waals surface area contributed by atoms with Crippen LogP contribution < -0.4 is 20.5 Å². The number of aliphatic imine (C=N–C) groups is 1. The monoisotopic (exact) mass is 425 g/mol. The summed E-state index contributed by atoms with van der Waals surface area (Å²) in [5, 5.41) is 3.33. The molecule has 0 unspecified atom stereocenters. The molecule has 30 heavy (non-hydrogen) atoms. The van der Waals surface area contributed by atoms with Crippen LogP contribution in [-0.2, 0) is 9.59 Å². The predicted octanol–water partition coefficient (Wildman–Crippen LogP) is 3.46. The van der Waals surface area contributed by atoms with Crippen molar-refractivity contribution in [3.63, 3.8) is 0 Å². The van der Waals surface area contributed by atoms with Gasteiger partial charge in [-0.3, -0.25) is 9.59 Å². The molecule has 1 heterocycles. The summed E-state index contributed by atoms with van der Waals surface area (Å²) in [4.78, 5) is 28.4. The molecule has 0 saturated carbocycles. The number of hydrogen-bond donors (Lipinski definition) is 2. The molecule has 2 aromatic rings. The van der Waals surface area contributed by atoms with E-state index in [-0.39, 0.29) is 12.5 Å². The molecule has 0 atom stereocenters. The summed E-state index contributed by atoms with van der Waals surface area (Å²) in [5.41, 5.74) is 8.91. The molecule has 0 spiro atoms. The minimum absolute atomic E-state index is 0.212. The van der Waals surface area contributed by atoms with E-state index in [2.05, 4.69) is 16.4 Å². The van der Waals surface area contributed by atoms with Gasteiger partial charge in [0.1, 0.15) is 0 Å². The maximum absolute atomic E-state index is 12.4. The lowest BCUT2D eigenvalue weighted by molar-refractivity contribution is -0.120. The van der Waals surface area contributed by atoms with Crippen LogP contribution in [0.2, 0.25) is 0 Å². The van der Waals surface area contributed by atoms with Gasteiger partial charge in [-0.25, -0.2) is 4.99 Å². The van der Waals surface area contributed by atoms with Crippen LogP contribution in [0.3, 0.4) is 0 Å². The molecule has 7 nitrogen and oxygen atoms in total. The van der Waals surface area contributed by atoms with Gasteiger partial charge in [0.15, 0.2) is 23.3 Å². The van der Waals surface area contributed by atoms with Gasteiger partial charge in [-0.1, -0.05) is 23.8 Å². The summed E-state index contributed by atoms with van der Waals surface area (Å²) < 4.78 is 11.0. The van der Waals surface area contributed by atoms with Crippen LogP contribution >= 0.6 is 11.8 Å². The molecule has 1 saturated heterocycles. The standard InChI is InChI=1S/C22H23N3O4S/c1-4-28-18-10-15(6-8-17(18)29-12-20(23)26)11-19-21(27)25-22(30-19)24-16-7-5-13(2)9-14(16)3/h5-11H,4,12H2,1-3H3,(H2,23,26)(H,24,25,27)/b19-11+. The first-order chi connectivity index (χ1) is 14.4. The largest absolute Gasteiger partial charge is 0.490 e.